The van der Waals surface area contributed by atoms with Crippen LogP contribution in [0.1, 0.15) is 0 Å². The van der Waals surface area contributed by atoms with E-state index < -0.39 is 28.4 Å². The van der Waals surface area contributed by atoms with Gasteiger partial charge in [0.25, 0.3) is 10.1 Å². The molecule has 0 saturated heterocycles. The van der Waals surface area contributed by atoms with E-state index in [0.29, 0.717) is 0 Å². The summed E-state index contributed by atoms with van der Waals surface area (Å²) in [5.41, 5.74) is 0. The topological polar surface area (TPSA) is 80.7 Å². The predicted molar refractivity (Wildman–Crippen MR) is 42.4 cm³/mol. The van der Waals surface area contributed by atoms with Crippen LogP contribution in [0.3, 0.4) is 0 Å². The quantitative estimate of drug-likeness (QED) is 0.410. The molecule has 0 atom stereocenters. The SMILES string of the molecule is C=C(Cl)C(=O)OCCS(=O)(=O)O. The highest BCUT2D eigenvalue weighted by Gasteiger charge is 2.08. The van der Waals surface area contributed by atoms with Gasteiger partial charge < -0.3 is 4.74 Å². The normalized spacial score (nSPS) is 10.8. The average molecular weight is 215 g/mol. The Morgan fingerprint density at radius 2 is 2.08 bits per heavy atom. The molecule has 1 N–H and O–H groups in total. The molecule has 70 valence electrons. The van der Waals surface area contributed by atoms with E-state index in [9.17, 15) is 13.2 Å². The van der Waals surface area contributed by atoms with Crippen LogP contribution < -0.4 is 0 Å². The summed E-state index contributed by atoms with van der Waals surface area (Å²) in [6, 6.07) is 0. The van der Waals surface area contributed by atoms with Gasteiger partial charge in [0.05, 0.1) is 0 Å². The van der Waals surface area contributed by atoms with Crippen molar-refractivity contribution in [3.05, 3.63) is 11.6 Å². The smallest absolute Gasteiger partial charge is 0.349 e. The van der Waals surface area contributed by atoms with Crippen LogP contribution in [0.15, 0.2) is 11.6 Å². The van der Waals surface area contributed by atoms with E-state index >= 15 is 0 Å². The van der Waals surface area contributed by atoms with Gasteiger partial charge in [0.1, 0.15) is 17.4 Å². The summed E-state index contributed by atoms with van der Waals surface area (Å²) < 4.78 is 32.6. The van der Waals surface area contributed by atoms with Crippen LogP contribution in [0.5, 0.6) is 0 Å². The highest BCUT2D eigenvalue weighted by atomic mass is 35.5. The lowest BCUT2D eigenvalue weighted by molar-refractivity contribution is -0.137. The van der Waals surface area contributed by atoms with Crippen molar-refractivity contribution >= 4 is 27.7 Å². The molecule has 12 heavy (non-hydrogen) atoms. The first-order valence-corrected chi connectivity index (χ1v) is 4.78. The molecule has 0 aliphatic rings. The number of hydrogen-bond donors (Lipinski definition) is 1. The van der Waals surface area contributed by atoms with Crippen molar-refractivity contribution in [3.63, 3.8) is 0 Å². The Balaban J connectivity index is 3.73. The van der Waals surface area contributed by atoms with E-state index in [1.165, 1.54) is 0 Å². The van der Waals surface area contributed by atoms with Gasteiger partial charge in [-0.25, -0.2) is 4.79 Å². The number of carbonyl (C=O) groups is 1. The van der Waals surface area contributed by atoms with Crippen LogP contribution in [0.2, 0.25) is 0 Å². The second kappa shape index (κ2) is 4.44. The molecular formula is C5H7ClO5S. The minimum absolute atomic E-state index is 0.342. The number of halogens is 1. The first-order chi connectivity index (χ1) is 5.33. The van der Waals surface area contributed by atoms with Crippen molar-refractivity contribution in [2.75, 3.05) is 12.4 Å². The fraction of sp³-hybridized carbons (Fsp3) is 0.400. The lowest BCUT2D eigenvalue weighted by atomic mass is 10.6. The van der Waals surface area contributed by atoms with Crippen LogP contribution in [0, 0.1) is 0 Å². The van der Waals surface area contributed by atoms with Crippen LogP contribution in [0.25, 0.3) is 0 Å². The molecule has 0 aromatic carbocycles. The Morgan fingerprint density at radius 1 is 1.58 bits per heavy atom. The van der Waals surface area contributed by atoms with Crippen LogP contribution in [-0.4, -0.2) is 31.3 Å². The highest BCUT2D eigenvalue weighted by molar-refractivity contribution is 7.85. The maximum atomic E-state index is 10.5. The number of rotatable bonds is 4. The Kier molecular flexibility index (Phi) is 4.22. The minimum Gasteiger partial charge on any atom is -0.460 e. The molecule has 0 rings (SSSR count). The van der Waals surface area contributed by atoms with Crippen molar-refractivity contribution in [2.45, 2.75) is 0 Å². The Bertz CT molecular complexity index is 280. The van der Waals surface area contributed by atoms with Gasteiger partial charge in [-0.2, -0.15) is 8.42 Å². The second-order valence-electron chi connectivity index (χ2n) is 1.83. The lowest BCUT2D eigenvalue weighted by Crippen LogP contribution is -2.14. The van der Waals surface area contributed by atoms with E-state index in [-0.39, 0.29) is 5.03 Å². The summed E-state index contributed by atoms with van der Waals surface area (Å²) in [7, 11) is -4.10. The molecule has 0 aromatic heterocycles. The third-order valence-corrected chi connectivity index (χ3v) is 1.63. The van der Waals surface area contributed by atoms with Gasteiger partial charge in [-0.3, -0.25) is 4.55 Å². The van der Waals surface area contributed by atoms with Gasteiger partial charge in [-0.05, 0) is 0 Å². The Morgan fingerprint density at radius 3 is 2.42 bits per heavy atom. The largest absolute Gasteiger partial charge is 0.460 e. The molecule has 0 amide bonds. The van der Waals surface area contributed by atoms with E-state index in [0.717, 1.165) is 0 Å². The van der Waals surface area contributed by atoms with Crippen molar-refractivity contribution < 1.29 is 22.5 Å². The van der Waals surface area contributed by atoms with Crippen molar-refractivity contribution in [3.8, 4) is 0 Å². The number of hydrogen-bond acceptors (Lipinski definition) is 4. The van der Waals surface area contributed by atoms with Gasteiger partial charge >= 0.3 is 5.97 Å². The van der Waals surface area contributed by atoms with E-state index in [1.807, 2.05) is 0 Å². The van der Waals surface area contributed by atoms with Crippen LogP contribution >= 0.6 is 11.6 Å². The molecule has 5 nitrogen and oxygen atoms in total. The lowest BCUT2D eigenvalue weighted by Gasteiger charge is -2.00. The molecule has 0 bridgehead atoms. The highest BCUT2D eigenvalue weighted by Crippen LogP contribution is 1.99. The zero-order valence-corrected chi connectivity index (χ0v) is 7.56. The van der Waals surface area contributed by atoms with E-state index in [4.69, 9.17) is 16.2 Å². The summed E-state index contributed by atoms with van der Waals surface area (Å²) in [6.07, 6.45) is 0. The molecule has 7 heteroatoms. The fourth-order valence-electron chi connectivity index (χ4n) is 0.318. The molecule has 0 radical (unpaired) electrons. The zero-order valence-electron chi connectivity index (χ0n) is 5.99. The number of carbonyl (C=O) groups excluding carboxylic acids is 1. The minimum atomic E-state index is -4.10. The van der Waals surface area contributed by atoms with Crippen molar-refractivity contribution in [1.29, 1.82) is 0 Å². The third-order valence-electron chi connectivity index (χ3n) is 0.796. The monoisotopic (exact) mass is 214 g/mol. The summed E-state index contributed by atoms with van der Waals surface area (Å²) in [5, 5.41) is -0.342. The second-order valence-corrected chi connectivity index (χ2v) is 3.86. The summed E-state index contributed by atoms with van der Waals surface area (Å²) in [6.45, 7) is 2.61. The molecule has 0 fully saturated rings. The molecule has 0 saturated carbocycles. The van der Waals surface area contributed by atoms with Crippen LogP contribution in [0.4, 0.5) is 0 Å². The van der Waals surface area contributed by atoms with Gasteiger partial charge in [0.15, 0.2) is 0 Å². The molecule has 0 aromatic rings. The molecule has 0 unspecified atom stereocenters. The molecule has 0 aliphatic carbocycles. The predicted octanol–water partition coefficient (Wildman–Crippen LogP) is 0.170. The van der Waals surface area contributed by atoms with Crippen molar-refractivity contribution in [2.24, 2.45) is 0 Å². The molecule has 0 aliphatic heterocycles. The first kappa shape index (κ1) is 11.4. The standard InChI is InChI=1S/C5H7ClO5S/c1-4(6)5(7)11-2-3-12(8,9)10/h1-3H2,(H,8,9,10). The maximum absolute atomic E-state index is 10.5. The number of esters is 1. The first-order valence-electron chi connectivity index (χ1n) is 2.79. The summed E-state index contributed by atoms with van der Waals surface area (Å²) >= 11 is 5.10. The summed E-state index contributed by atoms with van der Waals surface area (Å²) in [4.78, 5) is 10.5. The molecule has 0 heterocycles. The van der Waals surface area contributed by atoms with Gasteiger partial charge in [-0.1, -0.05) is 18.2 Å². The maximum Gasteiger partial charge on any atom is 0.349 e. The Hall–Kier alpha value is -0.590. The average Bonchev–Trinajstić information content (AvgIpc) is 1.84. The molecule has 0 spiro atoms. The van der Waals surface area contributed by atoms with E-state index in [2.05, 4.69) is 11.3 Å². The van der Waals surface area contributed by atoms with Crippen molar-refractivity contribution in [1.82, 2.24) is 0 Å². The third kappa shape index (κ3) is 6.14. The number of ether oxygens (including phenoxy) is 1. The van der Waals surface area contributed by atoms with Gasteiger partial charge in [0.2, 0.25) is 0 Å². The fourth-order valence-corrected chi connectivity index (χ4v) is 0.666. The Labute approximate surface area is 74.7 Å². The molecular weight excluding hydrogens is 208 g/mol. The van der Waals surface area contributed by atoms with Gasteiger partial charge in [0, 0.05) is 0 Å². The zero-order chi connectivity index (χ0) is 9.78. The van der Waals surface area contributed by atoms with Gasteiger partial charge in [-0.15, -0.1) is 0 Å². The van der Waals surface area contributed by atoms with E-state index in [1.54, 1.807) is 0 Å². The van der Waals surface area contributed by atoms with Crippen LogP contribution in [-0.2, 0) is 19.6 Å². The summed E-state index contributed by atoms with van der Waals surface area (Å²) in [5.74, 6) is -1.55.